The maximum atomic E-state index is 12.9. The molecule has 1 N–H and O–H groups in total. The van der Waals surface area contributed by atoms with Gasteiger partial charge in [0.15, 0.2) is 23.0 Å². The molecule has 2 aliphatic heterocycles. The fourth-order valence-corrected chi connectivity index (χ4v) is 4.03. The number of halogens is 1. The molecule has 0 atom stereocenters. The number of methoxy groups -OCH3 is 1. The smallest absolute Gasteiger partial charge is 0.282 e. The summed E-state index contributed by atoms with van der Waals surface area (Å²) >= 11 is 3.51. The molecule has 34 heavy (non-hydrogen) atoms. The third-order valence-corrected chi connectivity index (χ3v) is 6.01. The van der Waals surface area contributed by atoms with Gasteiger partial charge in [0.1, 0.15) is 12.2 Å². The fraction of sp³-hybridized carbons (Fsp3) is 0.120. The summed E-state index contributed by atoms with van der Waals surface area (Å²) in [7, 11) is 1.53. The number of amides is 2. The van der Waals surface area contributed by atoms with Gasteiger partial charge in [0, 0.05) is 4.47 Å². The van der Waals surface area contributed by atoms with E-state index in [-0.39, 0.29) is 19.0 Å². The van der Waals surface area contributed by atoms with Crippen LogP contribution in [0.2, 0.25) is 0 Å². The van der Waals surface area contributed by atoms with Gasteiger partial charge in [-0.05, 0) is 53.6 Å². The van der Waals surface area contributed by atoms with Gasteiger partial charge >= 0.3 is 0 Å². The molecule has 9 heteroatoms. The number of rotatable bonds is 6. The standard InChI is InChI=1S/C25H19BrN2O6/c1-31-21-11-16(10-18-24(29)27-28(25(18)30)17-5-3-2-4-6-17)19(26)12-23(21)32-13-15-7-8-20-22(9-15)34-14-33-20/h2-12H,13-14H2,1H3,(H,27,29)/b18-10-. The molecular weight excluding hydrogens is 504 g/mol. The van der Waals surface area contributed by atoms with Gasteiger partial charge in [-0.25, -0.2) is 5.01 Å². The Labute approximate surface area is 203 Å². The number of nitrogens with one attached hydrogen (secondary N) is 1. The topological polar surface area (TPSA) is 86.3 Å². The first kappa shape index (κ1) is 21.8. The lowest BCUT2D eigenvalue weighted by molar-refractivity contribution is -0.117. The van der Waals surface area contributed by atoms with Crippen LogP contribution >= 0.6 is 15.9 Å². The highest BCUT2D eigenvalue weighted by Gasteiger charge is 2.34. The zero-order valence-electron chi connectivity index (χ0n) is 18.0. The summed E-state index contributed by atoms with van der Waals surface area (Å²) in [5.74, 6) is 1.43. The van der Waals surface area contributed by atoms with Gasteiger partial charge in [-0.1, -0.05) is 40.2 Å². The molecule has 1 saturated heterocycles. The van der Waals surface area contributed by atoms with Crippen LogP contribution < -0.4 is 29.4 Å². The van der Waals surface area contributed by atoms with Gasteiger partial charge in [-0.15, -0.1) is 0 Å². The number of hydrogen-bond donors (Lipinski definition) is 1. The van der Waals surface area contributed by atoms with Crippen molar-refractivity contribution in [3.63, 3.8) is 0 Å². The monoisotopic (exact) mass is 522 g/mol. The second-order valence-electron chi connectivity index (χ2n) is 7.48. The number of anilines is 1. The maximum absolute atomic E-state index is 12.9. The van der Waals surface area contributed by atoms with Gasteiger partial charge in [0.2, 0.25) is 6.79 Å². The summed E-state index contributed by atoms with van der Waals surface area (Å²) in [4.78, 5) is 25.4. The van der Waals surface area contributed by atoms with Crippen molar-refractivity contribution in [2.45, 2.75) is 6.61 Å². The van der Waals surface area contributed by atoms with Crippen LogP contribution in [0, 0.1) is 0 Å². The molecule has 2 heterocycles. The Hall–Kier alpha value is -3.98. The zero-order valence-corrected chi connectivity index (χ0v) is 19.6. The Morgan fingerprint density at radius 2 is 1.82 bits per heavy atom. The molecule has 0 spiro atoms. The highest BCUT2D eigenvalue weighted by Crippen LogP contribution is 2.37. The van der Waals surface area contributed by atoms with E-state index in [1.165, 1.54) is 18.2 Å². The first-order valence-electron chi connectivity index (χ1n) is 10.3. The number of para-hydroxylation sites is 1. The van der Waals surface area contributed by atoms with Crippen molar-refractivity contribution < 1.29 is 28.5 Å². The summed E-state index contributed by atoms with van der Waals surface area (Å²) in [6.07, 6.45) is 1.52. The van der Waals surface area contributed by atoms with E-state index >= 15 is 0 Å². The van der Waals surface area contributed by atoms with Gasteiger partial charge in [-0.2, -0.15) is 0 Å². The van der Waals surface area contributed by atoms with E-state index in [1.807, 2.05) is 24.3 Å². The predicted molar refractivity (Wildman–Crippen MR) is 128 cm³/mol. The lowest BCUT2D eigenvalue weighted by Crippen LogP contribution is -2.35. The summed E-state index contributed by atoms with van der Waals surface area (Å²) < 4.78 is 22.8. The molecule has 172 valence electrons. The largest absolute Gasteiger partial charge is 0.493 e. The predicted octanol–water partition coefficient (Wildman–Crippen LogP) is 4.23. The first-order valence-corrected chi connectivity index (χ1v) is 11.1. The molecule has 0 aliphatic carbocycles. The minimum atomic E-state index is -0.483. The van der Waals surface area contributed by atoms with Crippen LogP contribution in [0.4, 0.5) is 5.69 Å². The van der Waals surface area contributed by atoms with E-state index in [1.54, 1.807) is 36.4 Å². The highest BCUT2D eigenvalue weighted by molar-refractivity contribution is 9.10. The Morgan fingerprint density at radius 1 is 1.03 bits per heavy atom. The molecule has 2 amide bonds. The normalized spacial score (nSPS) is 15.6. The molecular formula is C25H19BrN2O6. The van der Waals surface area contributed by atoms with Crippen LogP contribution in [0.15, 0.2) is 70.7 Å². The van der Waals surface area contributed by atoms with Crippen molar-refractivity contribution in [3.8, 4) is 23.0 Å². The number of hydrogen-bond acceptors (Lipinski definition) is 6. The van der Waals surface area contributed by atoms with Crippen LogP contribution in [0.25, 0.3) is 6.08 Å². The lowest BCUT2D eigenvalue weighted by atomic mass is 10.1. The van der Waals surface area contributed by atoms with Crippen LogP contribution in [0.1, 0.15) is 11.1 Å². The van der Waals surface area contributed by atoms with Gasteiger partial charge < -0.3 is 18.9 Å². The van der Waals surface area contributed by atoms with E-state index in [0.717, 1.165) is 5.56 Å². The first-order chi connectivity index (χ1) is 16.5. The third-order valence-electron chi connectivity index (χ3n) is 5.32. The zero-order chi connectivity index (χ0) is 23.7. The SMILES string of the molecule is COc1cc(/C=C2/C(=O)NN(c3ccccc3)C2=O)c(Br)cc1OCc1ccc2c(c1)OCO2. The Bertz CT molecular complexity index is 1310. The average molecular weight is 523 g/mol. The van der Waals surface area contributed by atoms with Crippen LogP contribution in [0.3, 0.4) is 0 Å². The van der Waals surface area contributed by atoms with E-state index in [4.69, 9.17) is 18.9 Å². The Morgan fingerprint density at radius 3 is 2.62 bits per heavy atom. The van der Waals surface area contributed by atoms with Crippen molar-refractivity contribution in [2.24, 2.45) is 0 Å². The van der Waals surface area contributed by atoms with Crippen molar-refractivity contribution in [3.05, 3.63) is 81.8 Å². The van der Waals surface area contributed by atoms with Crippen molar-refractivity contribution in [1.82, 2.24) is 5.43 Å². The van der Waals surface area contributed by atoms with Crippen molar-refractivity contribution in [2.75, 3.05) is 18.9 Å². The molecule has 1 fully saturated rings. The average Bonchev–Trinajstić information content (AvgIpc) is 3.43. The van der Waals surface area contributed by atoms with E-state index in [0.29, 0.717) is 38.7 Å². The quantitative estimate of drug-likeness (QED) is 0.385. The number of carbonyl (C=O) groups excluding carboxylic acids is 2. The molecule has 0 unspecified atom stereocenters. The fourth-order valence-electron chi connectivity index (χ4n) is 3.60. The lowest BCUT2D eigenvalue weighted by Gasteiger charge is -2.14. The minimum absolute atomic E-state index is 0.0145. The van der Waals surface area contributed by atoms with E-state index in [9.17, 15) is 9.59 Å². The minimum Gasteiger partial charge on any atom is -0.493 e. The number of nitrogens with zero attached hydrogens (tertiary/aromatic N) is 1. The van der Waals surface area contributed by atoms with Crippen LogP contribution in [-0.4, -0.2) is 25.7 Å². The molecule has 2 aliphatic rings. The maximum Gasteiger partial charge on any atom is 0.282 e. The second-order valence-corrected chi connectivity index (χ2v) is 8.33. The molecule has 0 radical (unpaired) electrons. The van der Waals surface area contributed by atoms with E-state index < -0.39 is 11.8 Å². The number of benzene rings is 3. The van der Waals surface area contributed by atoms with Crippen LogP contribution in [-0.2, 0) is 16.2 Å². The number of carbonyl (C=O) groups is 2. The molecule has 8 nitrogen and oxygen atoms in total. The summed E-state index contributed by atoms with van der Waals surface area (Å²) in [6, 6.07) is 18.0. The highest BCUT2D eigenvalue weighted by atomic mass is 79.9. The van der Waals surface area contributed by atoms with Crippen molar-refractivity contribution in [1.29, 1.82) is 0 Å². The third kappa shape index (κ3) is 4.17. The molecule has 0 aromatic heterocycles. The summed E-state index contributed by atoms with van der Waals surface area (Å²) in [6.45, 7) is 0.494. The summed E-state index contributed by atoms with van der Waals surface area (Å²) in [5, 5.41) is 1.22. The second kappa shape index (κ2) is 9.11. The van der Waals surface area contributed by atoms with Crippen molar-refractivity contribution >= 4 is 39.5 Å². The number of fused-ring (bicyclic) bond motifs is 1. The number of hydrazine groups is 1. The van der Waals surface area contributed by atoms with Gasteiger partial charge in [0.05, 0.1) is 12.8 Å². The molecule has 0 saturated carbocycles. The Balaban J connectivity index is 1.37. The van der Waals surface area contributed by atoms with Gasteiger partial charge in [0.25, 0.3) is 11.8 Å². The molecule has 3 aromatic rings. The Kier molecular flexibility index (Phi) is 5.85. The van der Waals surface area contributed by atoms with E-state index in [2.05, 4.69) is 21.4 Å². The number of ether oxygens (including phenoxy) is 4. The molecule has 0 bridgehead atoms. The molecule has 3 aromatic carbocycles. The molecule has 5 rings (SSSR count). The summed E-state index contributed by atoms with van der Waals surface area (Å²) in [5.41, 5.74) is 4.69. The van der Waals surface area contributed by atoms with Crippen LogP contribution in [0.5, 0.6) is 23.0 Å². The van der Waals surface area contributed by atoms with Gasteiger partial charge in [-0.3, -0.25) is 15.0 Å².